The first kappa shape index (κ1) is 19.9. The number of carbonyl (C=O) groups excluding carboxylic acids is 1. The molecule has 3 rings (SSSR count). The van der Waals surface area contributed by atoms with Gasteiger partial charge in [-0.25, -0.2) is 0 Å². The Bertz CT molecular complexity index is 820. The minimum atomic E-state index is -0.841. The molecule has 1 fully saturated rings. The molecule has 148 valence electrons. The number of aliphatic carboxylic acids is 1. The number of nitrogens with zero attached hydrogens (tertiary/aromatic N) is 1. The van der Waals surface area contributed by atoms with Crippen molar-refractivity contribution in [2.75, 3.05) is 20.2 Å². The summed E-state index contributed by atoms with van der Waals surface area (Å²) in [4.78, 5) is 26.3. The largest absolute Gasteiger partial charge is 0.496 e. The number of rotatable bonds is 7. The number of benzene rings is 2. The van der Waals surface area contributed by atoms with Gasteiger partial charge >= 0.3 is 5.97 Å². The normalized spacial score (nSPS) is 20.0. The summed E-state index contributed by atoms with van der Waals surface area (Å²) in [7, 11) is 1.65. The number of carboxylic acid groups (broad SMARTS) is 1. The Kier molecular flexibility index (Phi) is 6.34. The molecule has 0 spiro atoms. The number of ether oxygens (including phenoxy) is 1. The summed E-state index contributed by atoms with van der Waals surface area (Å²) in [5.74, 6) is -0.567. The molecule has 3 atom stereocenters. The van der Waals surface area contributed by atoms with Gasteiger partial charge in [0.05, 0.1) is 13.0 Å². The highest BCUT2D eigenvalue weighted by atomic mass is 16.5. The van der Waals surface area contributed by atoms with E-state index in [4.69, 9.17) is 4.74 Å². The minimum absolute atomic E-state index is 0.0204. The molecular formula is C23H27NO4. The molecule has 0 aromatic heterocycles. The Hall–Kier alpha value is -2.82. The second kappa shape index (κ2) is 8.91. The van der Waals surface area contributed by atoms with Crippen molar-refractivity contribution in [3.05, 3.63) is 65.7 Å². The van der Waals surface area contributed by atoms with Gasteiger partial charge in [-0.05, 0) is 29.5 Å². The van der Waals surface area contributed by atoms with Gasteiger partial charge in [-0.3, -0.25) is 9.59 Å². The fourth-order valence-electron chi connectivity index (χ4n) is 4.04. The second-order valence-electron chi connectivity index (χ2n) is 7.59. The number of amides is 1. The van der Waals surface area contributed by atoms with E-state index in [2.05, 4.69) is 0 Å². The lowest BCUT2D eigenvalue weighted by atomic mass is 9.89. The van der Waals surface area contributed by atoms with Crippen LogP contribution in [0.4, 0.5) is 0 Å². The predicted molar refractivity (Wildman–Crippen MR) is 107 cm³/mol. The van der Waals surface area contributed by atoms with E-state index in [-0.39, 0.29) is 24.3 Å². The lowest BCUT2D eigenvalue weighted by Gasteiger charge is -2.20. The molecule has 0 aliphatic carbocycles. The van der Waals surface area contributed by atoms with Gasteiger partial charge in [-0.2, -0.15) is 0 Å². The predicted octanol–water partition coefficient (Wildman–Crippen LogP) is 3.59. The molecule has 1 N–H and O–H groups in total. The number of para-hydroxylation sites is 1. The molecular weight excluding hydrogens is 354 g/mol. The molecule has 5 heteroatoms. The average Bonchev–Trinajstić information content (AvgIpc) is 3.15. The van der Waals surface area contributed by atoms with Crippen LogP contribution >= 0.6 is 0 Å². The Balaban J connectivity index is 1.65. The maximum absolute atomic E-state index is 12.8. The van der Waals surface area contributed by atoms with Crippen LogP contribution in [-0.4, -0.2) is 42.1 Å². The fourth-order valence-corrected chi connectivity index (χ4v) is 4.04. The third-order valence-corrected chi connectivity index (χ3v) is 5.50. The highest BCUT2D eigenvalue weighted by Crippen LogP contribution is 2.33. The average molecular weight is 381 g/mol. The Morgan fingerprint density at radius 1 is 1.11 bits per heavy atom. The van der Waals surface area contributed by atoms with E-state index in [0.29, 0.717) is 13.0 Å². The molecule has 0 saturated carbocycles. The van der Waals surface area contributed by atoms with E-state index in [0.717, 1.165) is 23.3 Å². The van der Waals surface area contributed by atoms with Crippen LogP contribution in [0, 0.1) is 11.8 Å². The highest BCUT2D eigenvalue weighted by molar-refractivity contribution is 5.80. The van der Waals surface area contributed by atoms with Gasteiger partial charge in [0.25, 0.3) is 0 Å². The van der Waals surface area contributed by atoms with Crippen LogP contribution in [0.2, 0.25) is 0 Å². The van der Waals surface area contributed by atoms with Crippen LogP contribution in [0.15, 0.2) is 54.6 Å². The van der Waals surface area contributed by atoms with Crippen molar-refractivity contribution in [3.8, 4) is 5.75 Å². The van der Waals surface area contributed by atoms with Gasteiger partial charge in [-0.1, -0.05) is 55.5 Å². The molecule has 0 bridgehead atoms. The Morgan fingerprint density at radius 3 is 2.46 bits per heavy atom. The van der Waals surface area contributed by atoms with E-state index >= 15 is 0 Å². The van der Waals surface area contributed by atoms with Gasteiger partial charge < -0.3 is 14.7 Å². The quantitative estimate of drug-likeness (QED) is 0.796. The van der Waals surface area contributed by atoms with E-state index in [1.807, 2.05) is 61.5 Å². The fraction of sp³-hybridized carbons (Fsp3) is 0.391. The molecule has 0 radical (unpaired) electrons. The Morgan fingerprint density at radius 2 is 1.79 bits per heavy atom. The first-order valence-electron chi connectivity index (χ1n) is 9.67. The third-order valence-electron chi connectivity index (χ3n) is 5.50. The third kappa shape index (κ3) is 4.53. The summed E-state index contributed by atoms with van der Waals surface area (Å²) in [5.41, 5.74) is 2.06. The van der Waals surface area contributed by atoms with Gasteiger partial charge in [0.1, 0.15) is 5.75 Å². The standard InChI is InChI=1S/C23H27NO4/c1-16(12-18-10-6-7-11-21(18)28-2)13-22(25)24-14-19(20(15-24)23(26)27)17-8-4-3-5-9-17/h3-11,16,19-20H,12-15H2,1-2H3,(H,26,27). The van der Waals surface area contributed by atoms with Crippen molar-refractivity contribution in [1.29, 1.82) is 0 Å². The molecule has 1 aliphatic heterocycles. The zero-order chi connectivity index (χ0) is 20.1. The first-order chi connectivity index (χ1) is 13.5. The monoisotopic (exact) mass is 381 g/mol. The van der Waals surface area contributed by atoms with Crippen molar-refractivity contribution in [2.24, 2.45) is 11.8 Å². The summed E-state index contributed by atoms with van der Waals surface area (Å²) in [6, 6.07) is 17.5. The van der Waals surface area contributed by atoms with Gasteiger partial charge in [0, 0.05) is 25.4 Å². The van der Waals surface area contributed by atoms with Gasteiger partial charge in [0.2, 0.25) is 5.91 Å². The van der Waals surface area contributed by atoms with Crippen LogP contribution in [0.1, 0.15) is 30.4 Å². The van der Waals surface area contributed by atoms with Gasteiger partial charge in [0.15, 0.2) is 0 Å². The summed E-state index contributed by atoms with van der Waals surface area (Å²) < 4.78 is 5.39. The molecule has 1 amide bonds. The lowest BCUT2D eigenvalue weighted by Crippen LogP contribution is -2.31. The zero-order valence-electron chi connectivity index (χ0n) is 16.4. The molecule has 1 saturated heterocycles. The molecule has 1 aliphatic rings. The number of carbonyl (C=O) groups is 2. The number of carboxylic acids is 1. The molecule has 28 heavy (non-hydrogen) atoms. The maximum atomic E-state index is 12.8. The van der Waals surface area contributed by atoms with Crippen LogP contribution < -0.4 is 4.74 Å². The van der Waals surface area contributed by atoms with E-state index in [9.17, 15) is 14.7 Å². The van der Waals surface area contributed by atoms with E-state index in [1.54, 1.807) is 12.0 Å². The summed E-state index contributed by atoms with van der Waals surface area (Å²) >= 11 is 0. The Labute approximate surface area is 165 Å². The van der Waals surface area contributed by atoms with Crippen molar-refractivity contribution in [3.63, 3.8) is 0 Å². The molecule has 3 unspecified atom stereocenters. The maximum Gasteiger partial charge on any atom is 0.308 e. The smallest absolute Gasteiger partial charge is 0.308 e. The zero-order valence-corrected chi connectivity index (χ0v) is 16.4. The van der Waals surface area contributed by atoms with E-state index < -0.39 is 11.9 Å². The van der Waals surface area contributed by atoms with Crippen LogP contribution in [0.5, 0.6) is 5.75 Å². The number of methoxy groups -OCH3 is 1. The lowest BCUT2D eigenvalue weighted by molar-refractivity contribution is -0.141. The number of hydrogen-bond donors (Lipinski definition) is 1. The minimum Gasteiger partial charge on any atom is -0.496 e. The molecule has 1 heterocycles. The number of likely N-dealkylation sites (tertiary alicyclic amines) is 1. The summed E-state index contributed by atoms with van der Waals surface area (Å²) in [6.07, 6.45) is 1.14. The van der Waals surface area contributed by atoms with Crippen LogP contribution in [-0.2, 0) is 16.0 Å². The van der Waals surface area contributed by atoms with Crippen molar-refractivity contribution in [1.82, 2.24) is 4.90 Å². The summed E-state index contributed by atoms with van der Waals surface area (Å²) in [6.45, 7) is 2.78. The van der Waals surface area contributed by atoms with Crippen molar-refractivity contribution < 1.29 is 19.4 Å². The van der Waals surface area contributed by atoms with E-state index in [1.165, 1.54) is 0 Å². The second-order valence-corrected chi connectivity index (χ2v) is 7.59. The SMILES string of the molecule is COc1ccccc1CC(C)CC(=O)N1CC(C(=O)O)C(c2ccccc2)C1. The summed E-state index contributed by atoms with van der Waals surface area (Å²) in [5, 5.41) is 9.63. The molecule has 5 nitrogen and oxygen atoms in total. The van der Waals surface area contributed by atoms with Gasteiger partial charge in [-0.15, -0.1) is 0 Å². The number of hydrogen-bond acceptors (Lipinski definition) is 3. The molecule has 2 aromatic carbocycles. The molecule has 2 aromatic rings. The van der Waals surface area contributed by atoms with Crippen molar-refractivity contribution in [2.45, 2.75) is 25.7 Å². The van der Waals surface area contributed by atoms with Crippen LogP contribution in [0.3, 0.4) is 0 Å². The first-order valence-corrected chi connectivity index (χ1v) is 9.67. The topological polar surface area (TPSA) is 66.8 Å². The van der Waals surface area contributed by atoms with Crippen molar-refractivity contribution >= 4 is 11.9 Å². The highest BCUT2D eigenvalue weighted by Gasteiger charge is 2.40. The van der Waals surface area contributed by atoms with Crippen LogP contribution in [0.25, 0.3) is 0 Å².